The van der Waals surface area contributed by atoms with Crippen molar-refractivity contribution in [3.63, 3.8) is 0 Å². The third-order valence-electron chi connectivity index (χ3n) is 1.82. The number of halogens is 1. The first-order valence-corrected chi connectivity index (χ1v) is 5.26. The van der Waals surface area contributed by atoms with Crippen molar-refractivity contribution >= 4 is 49.3 Å². The van der Waals surface area contributed by atoms with Crippen LogP contribution in [0, 0.1) is 0 Å². The SMILES string of the molecule is Nc1cccc2c(Br)c(C=O)sc12. The van der Waals surface area contributed by atoms with Gasteiger partial charge in [0, 0.05) is 15.5 Å². The normalized spacial score (nSPS) is 10.5. The van der Waals surface area contributed by atoms with Gasteiger partial charge in [-0.05, 0) is 22.0 Å². The van der Waals surface area contributed by atoms with Crippen LogP contribution >= 0.6 is 27.3 Å². The molecular weight excluding hydrogens is 250 g/mol. The zero-order valence-electron chi connectivity index (χ0n) is 6.58. The van der Waals surface area contributed by atoms with Crippen LogP contribution in [0.2, 0.25) is 0 Å². The number of aldehydes is 1. The Bertz CT molecular complexity index is 478. The van der Waals surface area contributed by atoms with Crippen molar-refractivity contribution in [1.29, 1.82) is 0 Å². The summed E-state index contributed by atoms with van der Waals surface area (Å²) >= 11 is 4.78. The molecular formula is C9H6BrNOS. The molecule has 1 heterocycles. The van der Waals surface area contributed by atoms with Gasteiger partial charge in [0.2, 0.25) is 0 Å². The van der Waals surface area contributed by atoms with E-state index in [0.29, 0.717) is 4.88 Å². The van der Waals surface area contributed by atoms with Crippen LogP contribution in [0.4, 0.5) is 5.69 Å². The molecule has 13 heavy (non-hydrogen) atoms. The van der Waals surface area contributed by atoms with E-state index in [1.165, 1.54) is 11.3 Å². The fourth-order valence-corrected chi connectivity index (χ4v) is 2.94. The van der Waals surface area contributed by atoms with Crippen molar-refractivity contribution < 1.29 is 4.79 Å². The van der Waals surface area contributed by atoms with Crippen LogP contribution in [0.15, 0.2) is 22.7 Å². The van der Waals surface area contributed by atoms with Crippen LogP contribution in [0.25, 0.3) is 10.1 Å². The predicted octanol–water partition coefficient (Wildman–Crippen LogP) is 3.06. The van der Waals surface area contributed by atoms with Crippen molar-refractivity contribution in [1.82, 2.24) is 0 Å². The Balaban J connectivity index is 2.91. The molecule has 0 fully saturated rings. The second-order valence-electron chi connectivity index (χ2n) is 2.62. The zero-order chi connectivity index (χ0) is 9.42. The molecule has 2 rings (SSSR count). The summed E-state index contributed by atoms with van der Waals surface area (Å²) in [5.41, 5.74) is 6.49. The highest BCUT2D eigenvalue weighted by atomic mass is 79.9. The molecule has 0 aliphatic heterocycles. The van der Waals surface area contributed by atoms with Gasteiger partial charge >= 0.3 is 0 Å². The average Bonchev–Trinajstić information content (AvgIpc) is 2.45. The number of fused-ring (bicyclic) bond motifs is 1. The van der Waals surface area contributed by atoms with Crippen LogP contribution in [0.1, 0.15) is 9.67 Å². The average molecular weight is 256 g/mol. The molecule has 0 atom stereocenters. The third-order valence-corrected chi connectivity index (χ3v) is 4.11. The van der Waals surface area contributed by atoms with E-state index < -0.39 is 0 Å². The van der Waals surface area contributed by atoms with Gasteiger partial charge in [0.25, 0.3) is 0 Å². The summed E-state index contributed by atoms with van der Waals surface area (Å²) in [5.74, 6) is 0. The molecule has 0 bridgehead atoms. The number of benzene rings is 1. The van der Waals surface area contributed by atoms with E-state index in [-0.39, 0.29) is 0 Å². The number of carbonyl (C=O) groups excluding carboxylic acids is 1. The Labute approximate surface area is 87.5 Å². The summed E-state index contributed by atoms with van der Waals surface area (Å²) in [4.78, 5) is 11.3. The van der Waals surface area contributed by atoms with Crippen molar-refractivity contribution in [2.75, 3.05) is 5.73 Å². The lowest BCUT2D eigenvalue weighted by molar-refractivity contribution is 0.112. The molecule has 0 saturated carbocycles. The molecule has 0 amide bonds. The lowest BCUT2D eigenvalue weighted by Gasteiger charge is -1.93. The Hall–Kier alpha value is -0.870. The second-order valence-corrected chi connectivity index (χ2v) is 4.47. The van der Waals surface area contributed by atoms with Crippen LogP contribution in [0.3, 0.4) is 0 Å². The van der Waals surface area contributed by atoms with Gasteiger partial charge in [-0.3, -0.25) is 4.79 Å². The first-order chi connectivity index (χ1) is 6.24. The van der Waals surface area contributed by atoms with Crippen LogP contribution in [-0.4, -0.2) is 6.29 Å². The summed E-state index contributed by atoms with van der Waals surface area (Å²) in [7, 11) is 0. The number of anilines is 1. The lowest BCUT2D eigenvalue weighted by atomic mass is 10.2. The minimum atomic E-state index is 0.688. The Morgan fingerprint density at radius 3 is 2.85 bits per heavy atom. The molecule has 2 N–H and O–H groups in total. The van der Waals surface area contributed by atoms with Crippen LogP contribution in [-0.2, 0) is 0 Å². The predicted molar refractivity (Wildman–Crippen MR) is 59.3 cm³/mol. The first kappa shape index (κ1) is 8.72. The van der Waals surface area contributed by atoms with Gasteiger partial charge in [0.15, 0.2) is 6.29 Å². The Kier molecular flexibility index (Phi) is 2.09. The minimum absolute atomic E-state index is 0.688. The first-order valence-electron chi connectivity index (χ1n) is 3.65. The maximum atomic E-state index is 10.6. The summed E-state index contributed by atoms with van der Waals surface area (Å²) in [6.45, 7) is 0. The van der Waals surface area contributed by atoms with E-state index in [9.17, 15) is 4.79 Å². The number of hydrogen-bond acceptors (Lipinski definition) is 3. The van der Waals surface area contributed by atoms with Gasteiger partial charge < -0.3 is 5.73 Å². The number of thiophene rings is 1. The van der Waals surface area contributed by atoms with E-state index in [4.69, 9.17) is 5.73 Å². The number of nitrogen functional groups attached to an aromatic ring is 1. The van der Waals surface area contributed by atoms with E-state index in [0.717, 1.165) is 26.5 Å². The Morgan fingerprint density at radius 1 is 1.46 bits per heavy atom. The molecule has 0 spiro atoms. The largest absolute Gasteiger partial charge is 0.398 e. The summed E-state index contributed by atoms with van der Waals surface area (Å²) in [6, 6.07) is 5.66. The molecule has 66 valence electrons. The van der Waals surface area contributed by atoms with Crippen molar-refractivity contribution in [2.45, 2.75) is 0 Å². The summed E-state index contributed by atoms with van der Waals surface area (Å²) < 4.78 is 1.81. The van der Waals surface area contributed by atoms with Gasteiger partial charge in [-0.1, -0.05) is 12.1 Å². The van der Waals surface area contributed by atoms with E-state index in [1.54, 1.807) is 0 Å². The molecule has 0 radical (unpaired) electrons. The highest BCUT2D eigenvalue weighted by molar-refractivity contribution is 9.10. The molecule has 0 saturated heterocycles. The third kappa shape index (κ3) is 1.26. The topological polar surface area (TPSA) is 43.1 Å². The van der Waals surface area contributed by atoms with Gasteiger partial charge in [-0.25, -0.2) is 0 Å². The van der Waals surface area contributed by atoms with Crippen LogP contribution < -0.4 is 5.73 Å². The standard InChI is InChI=1S/C9H6BrNOS/c10-8-5-2-1-3-6(11)9(5)13-7(8)4-12/h1-4H,11H2. The molecule has 0 aliphatic rings. The molecule has 0 aliphatic carbocycles. The zero-order valence-corrected chi connectivity index (χ0v) is 8.98. The Morgan fingerprint density at radius 2 is 2.23 bits per heavy atom. The monoisotopic (exact) mass is 255 g/mol. The molecule has 2 aromatic rings. The van der Waals surface area contributed by atoms with Crippen LogP contribution in [0.5, 0.6) is 0 Å². The fraction of sp³-hybridized carbons (Fsp3) is 0. The summed E-state index contributed by atoms with van der Waals surface area (Å²) in [6.07, 6.45) is 0.841. The highest BCUT2D eigenvalue weighted by Gasteiger charge is 2.09. The van der Waals surface area contributed by atoms with E-state index >= 15 is 0 Å². The van der Waals surface area contributed by atoms with Gasteiger partial charge in [0.05, 0.1) is 9.58 Å². The van der Waals surface area contributed by atoms with Crippen molar-refractivity contribution in [3.05, 3.63) is 27.5 Å². The molecule has 4 heteroatoms. The number of carbonyl (C=O) groups is 1. The van der Waals surface area contributed by atoms with Crippen molar-refractivity contribution in [3.8, 4) is 0 Å². The van der Waals surface area contributed by atoms with E-state index in [1.807, 2.05) is 18.2 Å². The maximum absolute atomic E-state index is 10.6. The van der Waals surface area contributed by atoms with Crippen molar-refractivity contribution in [2.24, 2.45) is 0 Å². The minimum Gasteiger partial charge on any atom is -0.398 e. The fourth-order valence-electron chi connectivity index (χ4n) is 1.20. The molecule has 0 unspecified atom stereocenters. The molecule has 2 nitrogen and oxygen atoms in total. The van der Waals surface area contributed by atoms with Gasteiger partial charge in [-0.2, -0.15) is 0 Å². The van der Waals surface area contributed by atoms with Gasteiger partial charge in [-0.15, -0.1) is 11.3 Å². The maximum Gasteiger partial charge on any atom is 0.161 e. The lowest BCUT2D eigenvalue weighted by Crippen LogP contribution is -1.82. The van der Waals surface area contributed by atoms with E-state index in [2.05, 4.69) is 15.9 Å². The number of hydrogen-bond donors (Lipinski definition) is 1. The molecule has 1 aromatic carbocycles. The highest BCUT2D eigenvalue weighted by Crippen LogP contribution is 2.37. The second kappa shape index (κ2) is 3.12. The van der Waals surface area contributed by atoms with Gasteiger partial charge in [0.1, 0.15) is 0 Å². The number of rotatable bonds is 1. The smallest absolute Gasteiger partial charge is 0.161 e. The quantitative estimate of drug-likeness (QED) is 0.629. The number of nitrogens with two attached hydrogens (primary N) is 1. The summed E-state index contributed by atoms with van der Waals surface area (Å²) in [5, 5.41) is 1.01. The molecule has 1 aromatic heterocycles.